The lowest BCUT2D eigenvalue weighted by atomic mass is 9.91. The number of hydrogen-bond donors (Lipinski definition) is 1. The van der Waals surface area contributed by atoms with E-state index in [4.69, 9.17) is 0 Å². The minimum absolute atomic E-state index is 0.356. The Morgan fingerprint density at radius 2 is 1.89 bits per heavy atom. The van der Waals surface area contributed by atoms with Crippen LogP contribution in [0.5, 0.6) is 0 Å². The highest BCUT2D eigenvalue weighted by Gasteiger charge is 2.54. The van der Waals surface area contributed by atoms with E-state index in [1.807, 2.05) is 0 Å². The maximum Gasteiger partial charge on any atom is 0.0277 e. The van der Waals surface area contributed by atoms with Crippen molar-refractivity contribution in [1.29, 1.82) is 0 Å². The first kappa shape index (κ1) is 12.9. The Morgan fingerprint density at radius 1 is 1.17 bits per heavy atom. The Balaban J connectivity index is 1.53. The molecular weight excluding hydrogens is 222 g/mol. The minimum atomic E-state index is 0.356. The molecule has 3 aliphatic rings. The number of rotatable bonds is 2. The van der Waals surface area contributed by atoms with Gasteiger partial charge in [0.1, 0.15) is 0 Å². The Kier molecular flexibility index (Phi) is 3.20. The van der Waals surface area contributed by atoms with Crippen molar-refractivity contribution in [2.45, 2.75) is 38.6 Å². The first-order valence-electron chi connectivity index (χ1n) is 7.66. The van der Waals surface area contributed by atoms with Crippen LogP contribution in [0.3, 0.4) is 0 Å². The predicted octanol–water partition coefficient (Wildman–Crippen LogP) is 1.40. The first-order valence-corrected chi connectivity index (χ1v) is 7.66. The molecule has 1 spiro atoms. The van der Waals surface area contributed by atoms with E-state index in [2.05, 4.69) is 36.0 Å². The van der Waals surface area contributed by atoms with Crippen LogP contribution in [0.25, 0.3) is 0 Å². The molecule has 0 radical (unpaired) electrons. The van der Waals surface area contributed by atoms with Gasteiger partial charge in [0.2, 0.25) is 0 Å². The number of likely N-dealkylation sites (N-methyl/N-ethyl adjacent to an activating group) is 1. The van der Waals surface area contributed by atoms with Crippen molar-refractivity contribution in [2.24, 2.45) is 11.3 Å². The molecule has 1 N–H and O–H groups in total. The summed E-state index contributed by atoms with van der Waals surface area (Å²) in [6.07, 6.45) is 4.35. The molecule has 1 saturated carbocycles. The smallest absolute Gasteiger partial charge is 0.0277 e. The first-order chi connectivity index (χ1) is 8.52. The Hall–Kier alpha value is -0.120. The van der Waals surface area contributed by atoms with Crippen molar-refractivity contribution in [3.63, 3.8) is 0 Å². The van der Waals surface area contributed by atoms with Crippen molar-refractivity contribution in [2.75, 3.05) is 46.3 Å². The highest BCUT2D eigenvalue weighted by molar-refractivity contribution is 5.06. The van der Waals surface area contributed by atoms with E-state index in [0.29, 0.717) is 5.54 Å². The monoisotopic (exact) mass is 251 g/mol. The van der Waals surface area contributed by atoms with Gasteiger partial charge >= 0.3 is 0 Å². The molecule has 2 heterocycles. The predicted molar refractivity (Wildman–Crippen MR) is 75.8 cm³/mol. The minimum Gasteiger partial charge on any atom is -0.317 e. The molecule has 0 aromatic carbocycles. The van der Waals surface area contributed by atoms with E-state index in [0.717, 1.165) is 11.3 Å². The largest absolute Gasteiger partial charge is 0.317 e. The summed E-state index contributed by atoms with van der Waals surface area (Å²) in [4.78, 5) is 5.23. The van der Waals surface area contributed by atoms with Gasteiger partial charge in [-0.15, -0.1) is 0 Å². The van der Waals surface area contributed by atoms with Crippen LogP contribution in [0.1, 0.15) is 33.1 Å². The van der Waals surface area contributed by atoms with E-state index in [1.165, 1.54) is 58.5 Å². The Labute approximate surface area is 112 Å². The van der Waals surface area contributed by atoms with Crippen LogP contribution >= 0.6 is 0 Å². The van der Waals surface area contributed by atoms with Gasteiger partial charge in [0.25, 0.3) is 0 Å². The molecule has 3 rings (SSSR count). The van der Waals surface area contributed by atoms with Gasteiger partial charge in [0, 0.05) is 31.7 Å². The maximum absolute atomic E-state index is 3.50. The quantitative estimate of drug-likeness (QED) is 0.800. The second-order valence-corrected chi connectivity index (χ2v) is 7.48. The van der Waals surface area contributed by atoms with Gasteiger partial charge in [-0.1, -0.05) is 0 Å². The molecule has 3 heteroatoms. The summed E-state index contributed by atoms with van der Waals surface area (Å²) in [5.41, 5.74) is 1.10. The zero-order valence-electron chi connectivity index (χ0n) is 12.3. The van der Waals surface area contributed by atoms with Gasteiger partial charge in [-0.05, 0) is 64.6 Å². The summed E-state index contributed by atoms with van der Waals surface area (Å²) < 4.78 is 0. The zero-order chi connectivity index (χ0) is 12.8. The van der Waals surface area contributed by atoms with Crippen LogP contribution in [-0.2, 0) is 0 Å². The molecule has 1 atom stereocenters. The van der Waals surface area contributed by atoms with E-state index in [-0.39, 0.29) is 0 Å². The number of nitrogens with one attached hydrogen (secondary N) is 1. The number of nitrogens with zero attached hydrogens (tertiary/aromatic N) is 2. The second kappa shape index (κ2) is 4.46. The molecule has 3 nitrogen and oxygen atoms in total. The summed E-state index contributed by atoms with van der Waals surface area (Å²) in [6.45, 7) is 12.4. The van der Waals surface area contributed by atoms with Gasteiger partial charge in [-0.25, -0.2) is 0 Å². The normalized spacial score (nSPS) is 35.8. The van der Waals surface area contributed by atoms with Crippen molar-refractivity contribution < 1.29 is 0 Å². The third-order valence-corrected chi connectivity index (χ3v) is 5.83. The van der Waals surface area contributed by atoms with Gasteiger partial charge < -0.3 is 5.32 Å². The fourth-order valence-electron chi connectivity index (χ4n) is 4.04. The highest BCUT2D eigenvalue weighted by Crippen LogP contribution is 2.58. The average Bonchev–Trinajstić information content (AvgIpc) is 2.96. The third kappa shape index (κ3) is 2.33. The zero-order valence-corrected chi connectivity index (χ0v) is 12.3. The second-order valence-electron chi connectivity index (χ2n) is 7.48. The molecule has 1 unspecified atom stereocenters. The van der Waals surface area contributed by atoms with Crippen LogP contribution < -0.4 is 5.32 Å². The van der Waals surface area contributed by atoms with Crippen LogP contribution in [0.4, 0.5) is 0 Å². The molecule has 2 saturated heterocycles. The molecule has 104 valence electrons. The van der Waals surface area contributed by atoms with Gasteiger partial charge in [0.15, 0.2) is 0 Å². The fraction of sp³-hybridized carbons (Fsp3) is 1.00. The maximum atomic E-state index is 3.50. The van der Waals surface area contributed by atoms with Gasteiger partial charge in [0.05, 0.1) is 0 Å². The van der Waals surface area contributed by atoms with Crippen molar-refractivity contribution in [3.05, 3.63) is 0 Å². The van der Waals surface area contributed by atoms with Crippen LogP contribution in [0.15, 0.2) is 0 Å². The highest BCUT2D eigenvalue weighted by atomic mass is 15.3. The van der Waals surface area contributed by atoms with Crippen molar-refractivity contribution >= 4 is 0 Å². The lowest BCUT2D eigenvalue weighted by Gasteiger charge is -2.45. The lowest BCUT2D eigenvalue weighted by molar-refractivity contribution is 0.0350. The van der Waals surface area contributed by atoms with Gasteiger partial charge in [-0.3, -0.25) is 9.80 Å². The van der Waals surface area contributed by atoms with Crippen LogP contribution in [0, 0.1) is 11.3 Å². The lowest BCUT2D eigenvalue weighted by Crippen LogP contribution is -2.57. The molecule has 1 aliphatic carbocycles. The van der Waals surface area contributed by atoms with Crippen LogP contribution in [-0.4, -0.2) is 61.7 Å². The molecular formula is C15H29N3. The van der Waals surface area contributed by atoms with Crippen molar-refractivity contribution in [3.8, 4) is 0 Å². The molecule has 0 aromatic rings. The number of hydrogen-bond acceptors (Lipinski definition) is 3. The third-order valence-electron chi connectivity index (χ3n) is 5.83. The summed E-state index contributed by atoms with van der Waals surface area (Å²) in [5, 5.41) is 3.50. The molecule has 0 bridgehead atoms. The van der Waals surface area contributed by atoms with Gasteiger partial charge in [-0.2, -0.15) is 0 Å². The van der Waals surface area contributed by atoms with E-state index >= 15 is 0 Å². The summed E-state index contributed by atoms with van der Waals surface area (Å²) in [7, 11) is 2.27. The Bertz CT molecular complexity index is 307. The van der Waals surface area contributed by atoms with E-state index in [9.17, 15) is 0 Å². The fourth-order valence-corrected chi connectivity index (χ4v) is 4.04. The summed E-state index contributed by atoms with van der Waals surface area (Å²) in [6, 6.07) is 0. The molecule has 3 fully saturated rings. The summed E-state index contributed by atoms with van der Waals surface area (Å²) >= 11 is 0. The molecule has 0 aromatic heterocycles. The number of piperidine rings is 1. The average molecular weight is 251 g/mol. The molecule has 18 heavy (non-hydrogen) atoms. The Morgan fingerprint density at radius 3 is 2.56 bits per heavy atom. The number of piperazine rings is 1. The standard InChI is InChI=1S/C15H29N3/c1-14(2)12-18(9-8-17(14)3)11-13-10-15(13)4-6-16-7-5-15/h13,16H,4-12H2,1-3H3. The summed E-state index contributed by atoms with van der Waals surface area (Å²) in [5.74, 6) is 0.999. The van der Waals surface area contributed by atoms with Crippen LogP contribution in [0.2, 0.25) is 0 Å². The van der Waals surface area contributed by atoms with E-state index in [1.54, 1.807) is 0 Å². The van der Waals surface area contributed by atoms with E-state index < -0.39 is 0 Å². The molecule has 0 amide bonds. The molecule has 2 aliphatic heterocycles. The SMILES string of the molecule is CN1CCN(CC2CC23CCNCC3)CC1(C)C. The topological polar surface area (TPSA) is 18.5 Å². The van der Waals surface area contributed by atoms with Crippen molar-refractivity contribution in [1.82, 2.24) is 15.1 Å².